The lowest BCUT2D eigenvalue weighted by Gasteiger charge is -2.16. The van der Waals surface area contributed by atoms with Crippen molar-refractivity contribution in [2.75, 3.05) is 0 Å². The van der Waals surface area contributed by atoms with Gasteiger partial charge >= 0.3 is 0 Å². The Morgan fingerprint density at radius 2 is 1.50 bits per heavy atom. The van der Waals surface area contributed by atoms with E-state index in [-0.39, 0.29) is 0 Å². The van der Waals surface area contributed by atoms with Gasteiger partial charge in [0.2, 0.25) is 0 Å². The third-order valence-corrected chi connectivity index (χ3v) is 3.16. The minimum atomic E-state index is 0.655. The average Bonchev–Trinajstić information content (AvgIpc) is 2.20. The fraction of sp³-hybridized carbons (Fsp3) is 0.812. The van der Waals surface area contributed by atoms with Crippen molar-refractivity contribution in [2.24, 2.45) is 23.7 Å². The molecule has 0 fully saturated rings. The van der Waals surface area contributed by atoms with Crippen molar-refractivity contribution in [3.63, 3.8) is 0 Å². The Morgan fingerprint density at radius 1 is 0.875 bits per heavy atom. The molecule has 0 aliphatic heterocycles. The molecule has 0 saturated carbocycles. The monoisotopic (exact) mass is 222 g/mol. The number of hydrogen-bond donors (Lipinski definition) is 0. The Balaban J connectivity index is 3.94. The van der Waals surface area contributed by atoms with E-state index in [4.69, 9.17) is 0 Å². The van der Waals surface area contributed by atoms with Crippen LogP contribution in [0.3, 0.4) is 0 Å². The summed E-state index contributed by atoms with van der Waals surface area (Å²) in [7, 11) is 0. The molecule has 94 valence electrons. The van der Waals surface area contributed by atoms with Crippen LogP contribution in [-0.4, -0.2) is 0 Å². The summed E-state index contributed by atoms with van der Waals surface area (Å²) in [6.07, 6.45) is 8.24. The highest BCUT2D eigenvalue weighted by atomic mass is 14.1. The van der Waals surface area contributed by atoms with Gasteiger partial charge in [0, 0.05) is 0 Å². The third-order valence-electron chi connectivity index (χ3n) is 3.16. The van der Waals surface area contributed by atoms with Crippen LogP contribution in [0.15, 0.2) is 17.9 Å². The van der Waals surface area contributed by atoms with E-state index in [1.807, 2.05) is 0 Å². The second-order valence-corrected chi connectivity index (χ2v) is 5.97. The summed E-state index contributed by atoms with van der Waals surface area (Å²) >= 11 is 0. The van der Waals surface area contributed by atoms with Gasteiger partial charge in [-0.2, -0.15) is 0 Å². The maximum atomic E-state index is 3.34. The quantitative estimate of drug-likeness (QED) is 0.502. The van der Waals surface area contributed by atoms with Crippen molar-refractivity contribution >= 4 is 0 Å². The van der Waals surface area contributed by atoms with Crippen molar-refractivity contribution in [1.29, 1.82) is 0 Å². The molecule has 0 aromatic carbocycles. The van der Waals surface area contributed by atoms with Gasteiger partial charge in [-0.3, -0.25) is 0 Å². The van der Waals surface area contributed by atoms with Gasteiger partial charge in [0.25, 0.3) is 0 Å². The van der Waals surface area contributed by atoms with E-state index < -0.39 is 0 Å². The van der Waals surface area contributed by atoms with Gasteiger partial charge in [-0.25, -0.2) is 0 Å². The minimum Gasteiger partial charge on any atom is -0.129 e. The molecule has 0 spiro atoms. The van der Waals surface area contributed by atoms with Gasteiger partial charge in [0.05, 0.1) is 0 Å². The summed E-state index contributed by atoms with van der Waals surface area (Å²) in [5.74, 6) is 3.01. The first-order valence-electron chi connectivity index (χ1n) is 6.84. The maximum absolute atomic E-state index is 3.34. The topological polar surface area (TPSA) is 0 Å². The molecule has 0 N–H and O–H groups in total. The van der Waals surface area contributed by atoms with E-state index >= 15 is 0 Å². The van der Waals surface area contributed by atoms with Crippen LogP contribution in [0.1, 0.15) is 60.8 Å². The molecule has 0 rings (SSSR count). The van der Waals surface area contributed by atoms with E-state index in [1.165, 1.54) is 12.8 Å². The van der Waals surface area contributed by atoms with E-state index in [9.17, 15) is 0 Å². The molecule has 16 heavy (non-hydrogen) atoms. The first kappa shape index (κ1) is 15.5. The normalized spacial score (nSPS) is 14.8. The van der Waals surface area contributed by atoms with Gasteiger partial charge in [0.15, 0.2) is 0 Å². The smallest absolute Gasteiger partial charge is 0.0160 e. The largest absolute Gasteiger partial charge is 0.129 e. The molecule has 2 unspecified atom stereocenters. The van der Waals surface area contributed by atoms with Crippen LogP contribution in [0.25, 0.3) is 0 Å². The Morgan fingerprint density at radius 3 is 2.00 bits per heavy atom. The molecule has 2 atom stereocenters. The van der Waals surface area contributed by atoms with E-state index in [2.05, 4.69) is 59.4 Å². The van der Waals surface area contributed by atoms with Gasteiger partial charge < -0.3 is 0 Å². The molecule has 0 aliphatic rings. The molecule has 0 bridgehead atoms. The SMILES string of the molecule is CC(C)CC=C=CC(C)C(C)CCC(C)C. The Kier molecular flexibility index (Phi) is 8.39. The van der Waals surface area contributed by atoms with Gasteiger partial charge in [-0.05, 0) is 48.7 Å². The van der Waals surface area contributed by atoms with Gasteiger partial charge in [-0.15, -0.1) is 5.73 Å². The standard InChI is InChI=1S/C16H30/c1-13(2)9-7-8-10-15(5)16(6)12-11-14(3)4/h7,10,13-16H,9,11-12H2,1-6H3. The zero-order valence-electron chi connectivity index (χ0n) is 12.1. The summed E-state index contributed by atoms with van der Waals surface area (Å²) in [6.45, 7) is 13.8. The predicted octanol–water partition coefficient (Wildman–Crippen LogP) is 5.45. The average molecular weight is 222 g/mol. The number of allylic oxidation sites excluding steroid dienone is 1. The second-order valence-electron chi connectivity index (χ2n) is 5.97. The van der Waals surface area contributed by atoms with Gasteiger partial charge in [-0.1, -0.05) is 48.0 Å². The summed E-state index contributed by atoms with van der Waals surface area (Å²) in [4.78, 5) is 0. The van der Waals surface area contributed by atoms with E-state index in [0.717, 1.165) is 24.2 Å². The lowest BCUT2D eigenvalue weighted by Crippen LogP contribution is -2.06. The second kappa shape index (κ2) is 8.65. The molecule has 0 aromatic heterocycles. The lowest BCUT2D eigenvalue weighted by molar-refractivity contribution is 0.385. The van der Waals surface area contributed by atoms with Crippen LogP contribution >= 0.6 is 0 Å². The highest BCUT2D eigenvalue weighted by Gasteiger charge is 2.09. The van der Waals surface area contributed by atoms with Gasteiger partial charge in [0.1, 0.15) is 0 Å². The molecular formula is C16H30. The predicted molar refractivity (Wildman–Crippen MR) is 74.5 cm³/mol. The van der Waals surface area contributed by atoms with Crippen LogP contribution in [0.2, 0.25) is 0 Å². The molecule has 0 amide bonds. The number of rotatable bonds is 7. The van der Waals surface area contributed by atoms with Crippen molar-refractivity contribution < 1.29 is 0 Å². The van der Waals surface area contributed by atoms with Crippen molar-refractivity contribution in [3.05, 3.63) is 17.9 Å². The summed E-state index contributed by atoms with van der Waals surface area (Å²) in [6, 6.07) is 0. The first-order chi connectivity index (χ1) is 7.43. The molecular weight excluding hydrogens is 192 g/mol. The molecule has 0 aromatic rings. The van der Waals surface area contributed by atoms with Crippen molar-refractivity contribution in [2.45, 2.75) is 60.8 Å². The van der Waals surface area contributed by atoms with E-state index in [0.29, 0.717) is 5.92 Å². The Labute approximate surface area is 103 Å². The summed E-state index contributed by atoms with van der Waals surface area (Å²) in [5.41, 5.74) is 3.34. The summed E-state index contributed by atoms with van der Waals surface area (Å²) < 4.78 is 0. The molecule has 0 radical (unpaired) electrons. The Hall–Kier alpha value is -0.480. The Bertz CT molecular complexity index is 216. The summed E-state index contributed by atoms with van der Waals surface area (Å²) in [5, 5.41) is 0. The van der Waals surface area contributed by atoms with Crippen LogP contribution < -0.4 is 0 Å². The van der Waals surface area contributed by atoms with Crippen LogP contribution in [-0.2, 0) is 0 Å². The highest BCUT2D eigenvalue weighted by Crippen LogP contribution is 2.20. The van der Waals surface area contributed by atoms with Crippen molar-refractivity contribution in [3.8, 4) is 0 Å². The fourth-order valence-electron chi connectivity index (χ4n) is 1.55. The maximum Gasteiger partial charge on any atom is -0.0160 e. The minimum absolute atomic E-state index is 0.655. The van der Waals surface area contributed by atoms with E-state index in [1.54, 1.807) is 0 Å². The molecule has 0 aliphatic carbocycles. The van der Waals surface area contributed by atoms with Crippen LogP contribution in [0, 0.1) is 23.7 Å². The number of hydrogen-bond acceptors (Lipinski definition) is 0. The van der Waals surface area contributed by atoms with Crippen LogP contribution in [0.5, 0.6) is 0 Å². The van der Waals surface area contributed by atoms with Crippen LogP contribution in [0.4, 0.5) is 0 Å². The molecule has 0 heteroatoms. The third kappa shape index (κ3) is 8.80. The van der Waals surface area contributed by atoms with Crippen molar-refractivity contribution in [1.82, 2.24) is 0 Å². The zero-order valence-corrected chi connectivity index (χ0v) is 12.1. The molecule has 0 heterocycles. The molecule has 0 saturated heterocycles. The zero-order chi connectivity index (χ0) is 12.6. The highest BCUT2D eigenvalue weighted by molar-refractivity contribution is 4.90. The fourth-order valence-corrected chi connectivity index (χ4v) is 1.55. The first-order valence-corrected chi connectivity index (χ1v) is 6.84. The molecule has 0 nitrogen and oxygen atoms in total. The lowest BCUT2D eigenvalue weighted by atomic mass is 9.89.